The van der Waals surface area contributed by atoms with Crippen LogP contribution in [0.2, 0.25) is 0 Å². The van der Waals surface area contributed by atoms with Crippen LogP contribution in [0.25, 0.3) is 0 Å². The summed E-state index contributed by atoms with van der Waals surface area (Å²) in [5, 5.41) is 3.66. The number of hydrogen-bond donors (Lipinski definition) is 1. The number of aromatic nitrogens is 1. The van der Waals surface area contributed by atoms with Crippen molar-refractivity contribution in [3.63, 3.8) is 0 Å². The second-order valence-electron chi connectivity index (χ2n) is 5.21. The van der Waals surface area contributed by atoms with Crippen LogP contribution in [0.3, 0.4) is 0 Å². The third kappa shape index (κ3) is 4.17. The molecule has 1 atom stereocenters. The summed E-state index contributed by atoms with van der Waals surface area (Å²) in [5.74, 6) is 0. The average Bonchev–Trinajstić information content (AvgIpc) is 2.49. The van der Waals surface area contributed by atoms with E-state index in [9.17, 15) is 0 Å². The van der Waals surface area contributed by atoms with Gasteiger partial charge >= 0.3 is 0 Å². The molecule has 2 heteroatoms. The molecule has 0 aliphatic carbocycles. The van der Waals surface area contributed by atoms with Gasteiger partial charge in [0.15, 0.2) is 0 Å². The van der Waals surface area contributed by atoms with Crippen LogP contribution in [0.4, 0.5) is 0 Å². The zero-order chi connectivity index (χ0) is 14.2. The van der Waals surface area contributed by atoms with Crippen LogP contribution >= 0.6 is 0 Å². The minimum Gasteiger partial charge on any atom is -0.310 e. The van der Waals surface area contributed by atoms with Crippen molar-refractivity contribution in [1.29, 1.82) is 0 Å². The molecule has 1 aromatic carbocycles. The van der Waals surface area contributed by atoms with Crippen LogP contribution in [0, 0.1) is 6.92 Å². The normalized spacial score (nSPS) is 12.3. The standard InChI is InChI=1S/C18H24N2/c1-3-13-20-18(17-10-7-14-19-15(17)2)12-11-16-8-5-4-6-9-16/h4-10,14,18,20H,3,11-13H2,1-2H3. The maximum Gasteiger partial charge on any atom is 0.0420 e. The molecule has 1 heterocycles. The lowest BCUT2D eigenvalue weighted by Crippen LogP contribution is -2.23. The van der Waals surface area contributed by atoms with Crippen LogP contribution in [-0.4, -0.2) is 11.5 Å². The molecule has 0 spiro atoms. The Kier molecular flexibility index (Phi) is 5.75. The maximum atomic E-state index is 4.42. The fourth-order valence-electron chi connectivity index (χ4n) is 2.51. The molecule has 0 saturated carbocycles. The van der Waals surface area contributed by atoms with E-state index >= 15 is 0 Å². The highest BCUT2D eigenvalue weighted by Crippen LogP contribution is 2.21. The lowest BCUT2D eigenvalue weighted by Gasteiger charge is -2.20. The van der Waals surface area contributed by atoms with Crippen molar-refractivity contribution in [3.8, 4) is 0 Å². The zero-order valence-corrected chi connectivity index (χ0v) is 12.5. The van der Waals surface area contributed by atoms with Gasteiger partial charge in [0.1, 0.15) is 0 Å². The molecule has 1 N–H and O–H groups in total. The van der Waals surface area contributed by atoms with Gasteiger partial charge in [-0.1, -0.05) is 43.3 Å². The summed E-state index contributed by atoms with van der Waals surface area (Å²) in [6.07, 6.45) is 5.22. The number of pyridine rings is 1. The van der Waals surface area contributed by atoms with Gasteiger partial charge in [0.05, 0.1) is 0 Å². The summed E-state index contributed by atoms with van der Waals surface area (Å²) in [6.45, 7) is 5.35. The van der Waals surface area contributed by atoms with Crippen molar-refractivity contribution in [1.82, 2.24) is 10.3 Å². The molecular formula is C18H24N2. The molecule has 0 amide bonds. The Balaban J connectivity index is 2.06. The predicted molar refractivity (Wildman–Crippen MR) is 84.8 cm³/mol. The van der Waals surface area contributed by atoms with E-state index < -0.39 is 0 Å². The largest absolute Gasteiger partial charge is 0.310 e. The van der Waals surface area contributed by atoms with E-state index in [0.717, 1.165) is 31.5 Å². The van der Waals surface area contributed by atoms with Crippen LogP contribution in [-0.2, 0) is 6.42 Å². The fraction of sp³-hybridized carbons (Fsp3) is 0.389. The van der Waals surface area contributed by atoms with E-state index in [1.807, 2.05) is 12.3 Å². The molecule has 0 radical (unpaired) electrons. The van der Waals surface area contributed by atoms with Crippen LogP contribution < -0.4 is 5.32 Å². The zero-order valence-electron chi connectivity index (χ0n) is 12.5. The van der Waals surface area contributed by atoms with Crippen molar-refractivity contribution in [2.75, 3.05) is 6.54 Å². The lowest BCUT2D eigenvalue weighted by atomic mass is 9.98. The number of hydrogen-bond acceptors (Lipinski definition) is 2. The number of nitrogens with zero attached hydrogens (tertiary/aromatic N) is 1. The minimum atomic E-state index is 0.392. The first-order chi connectivity index (χ1) is 9.81. The second kappa shape index (κ2) is 7.81. The Hall–Kier alpha value is -1.67. The first kappa shape index (κ1) is 14.7. The van der Waals surface area contributed by atoms with Crippen molar-refractivity contribution in [2.24, 2.45) is 0 Å². The van der Waals surface area contributed by atoms with E-state index in [2.05, 4.69) is 60.5 Å². The van der Waals surface area contributed by atoms with E-state index in [-0.39, 0.29) is 0 Å². The van der Waals surface area contributed by atoms with Crippen LogP contribution in [0.15, 0.2) is 48.7 Å². The Labute approximate surface area is 122 Å². The molecule has 0 saturated heterocycles. The molecule has 1 aromatic heterocycles. The summed E-state index contributed by atoms with van der Waals surface area (Å²) in [7, 11) is 0. The summed E-state index contributed by atoms with van der Waals surface area (Å²) in [5.41, 5.74) is 3.86. The van der Waals surface area contributed by atoms with Crippen LogP contribution in [0.5, 0.6) is 0 Å². The highest BCUT2D eigenvalue weighted by atomic mass is 14.9. The Morgan fingerprint density at radius 2 is 1.90 bits per heavy atom. The molecule has 106 valence electrons. The predicted octanol–water partition coefficient (Wildman–Crippen LogP) is 4.06. The molecule has 2 aromatic rings. The Morgan fingerprint density at radius 3 is 2.60 bits per heavy atom. The maximum absolute atomic E-state index is 4.42. The van der Waals surface area contributed by atoms with Gasteiger partial charge in [-0.05, 0) is 49.9 Å². The van der Waals surface area contributed by atoms with Gasteiger partial charge in [0.2, 0.25) is 0 Å². The highest BCUT2D eigenvalue weighted by molar-refractivity contribution is 5.23. The van der Waals surface area contributed by atoms with Gasteiger partial charge in [-0.15, -0.1) is 0 Å². The minimum absolute atomic E-state index is 0.392. The van der Waals surface area contributed by atoms with Crippen molar-refractivity contribution >= 4 is 0 Å². The topological polar surface area (TPSA) is 24.9 Å². The van der Waals surface area contributed by atoms with E-state index in [1.54, 1.807) is 0 Å². The van der Waals surface area contributed by atoms with Crippen molar-refractivity contribution < 1.29 is 0 Å². The molecule has 20 heavy (non-hydrogen) atoms. The third-order valence-corrected chi connectivity index (χ3v) is 3.63. The first-order valence-corrected chi connectivity index (χ1v) is 7.50. The Bertz CT molecular complexity index is 508. The fourth-order valence-corrected chi connectivity index (χ4v) is 2.51. The van der Waals surface area contributed by atoms with Gasteiger partial charge < -0.3 is 5.32 Å². The third-order valence-electron chi connectivity index (χ3n) is 3.63. The second-order valence-corrected chi connectivity index (χ2v) is 5.21. The average molecular weight is 268 g/mol. The van der Waals surface area contributed by atoms with Crippen molar-refractivity contribution in [3.05, 3.63) is 65.5 Å². The summed E-state index contributed by atoms with van der Waals surface area (Å²) in [4.78, 5) is 4.42. The summed E-state index contributed by atoms with van der Waals surface area (Å²) >= 11 is 0. The van der Waals surface area contributed by atoms with Gasteiger partial charge in [-0.2, -0.15) is 0 Å². The van der Waals surface area contributed by atoms with Crippen LogP contribution in [0.1, 0.15) is 42.6 Å². The Morgan fingerprint density at radius 1 is 1.10 bits per heavy atom. The SMILES string of the molecule is CCCNC(CCc1ccccc1)c1cccnc1C. The van der Waals surface area contributed by atoms with Gasteiger partial charge in [-0.25, -0.2) is 0 Å². The molecule has 0 aliphatic rings. The smallest absolute Gasteiger partial charge is 0.0420 e. The number of aryl methyl sites for hydroxylation is 2. The van der Waals surface area contributed by atoms with Gasteiger partial charge in [0, 0.05) is 17.9 Å². The summed E-state index contributed by atoms with van der Waals surface area (Å²) in [6, 6.07) is 15.3. The summed E-state index contributed by atoms with van der Waals surface area (Å²) < 4.78 is 0. The number of rotatable bonds is 7. The van der Waals surface area contributed by atoms with Gasteiger partial charge in [0.25, 0.3) is 0 Å². The molecule has 0 bridgehead atoms. The molecule has 0 fully saturated rings. The quantitative estimate of drug-likeness (QED) is 0.819. The monoisotopic (exact) mass is 268 g/mol. The number of benzene rings is 1. The molecule has 2 rings (SSSR count). The molecule has 0 aliphatic heterocycles. The molecule has 1 unspecified atom stereocenters. The van der Waals surface area contributed by atoms with E-state index in [1.165, 1.54) is 11.1 Å². The highest BCUT2D eigenvalue weighted by Gasteiger charge is 2.13. The number of nitrogens with one attached hydrogen (secondary N) is 1. The molecule has 2 nitrogen and oxygen atoms in total. The first-order valence-electron chi connectivity index (χ1n) is 7.50. The lowest BCUT2D eigenvalue weighted by molar-refractivity contribution is 0.496. The molecular weight excluding hydrogens is 244 g/mol. The van der Waals surface area contributed by atoms with E-state index in [0.29, 0.717) is 6.04 Å². The van der Waals surface area contributed by atoms with Gasteiger partial charge in [-0.3, -0.25) is 4.98 Å². The van der Waals surface area contributed by atoms with Crippen molar-refractivity contribution in [2.45, 2.75) is 39.2 Å². The van der Waals surface area contributed by atoms with E-state index in [4.69, 9.17) is 0 Å².